The number of aromatic nitrogens is 1. The number of fused-ring (bicyclic) bond motifs is 1. The average Bonchev–Trinajstić information content (AvgIpc) is 2.40. The zero-order valence-electron chi connectivity index (χ0n) is 7.64. The van der Waals surface area contributed by atoms with Crippen molar-refractivity contribution in [2.45, 2.75) is 0 Å². The van der Waals surface area contributed by atoms with Gasteiger partial charge < -0.3 is 4.98 Å². The van der Waals surface area contributed by atoms with E-state index < -0.39 is 10.2 Å². The first kappa shape index (κ1) is 12.2. The molecule has 7 heteroatoms. The lowest BCUT2D eigenvalue weighted by Crippen LogP contribution is -2.21. The summed E-state index contributed by atoms with van der Waals surface area (Å²) in [5.41, 5.74) is 1.18. The van der Waals surface area contributed by atoms with Crippen LogP contribution >= 0.6 is 15.9 Å². The summed E-state index contributed by atoms with van der Waals surface area (Å²) in [6.45, 7) is 0. The van der Waals surface area contributed by atoms with Crippen LogP contribution in [0.5, 0.6) is 0 Å². The summed E-state index contributed by atoms with van der Waals surface area (Å²) in [5.74, 6) is 0. The maximum atomic E-state index is 9.19. The molecule has 2 aromatic rings. The molecule has 82 valence electrons. The molecular formula is C8H10BrN3O2S. The number of rotatable bonds is 0. The second-order valence-corrected chi connectivity index (χ2v) is 4.83. The van der Waals surface area contributed by atoms with Crippen molar-refractivity contribution in [1.29, 1.82) is 0 Å². The highest BCUT2D eigenvalue weighted by atomic mass is 79.9. The molecule has 5 N–H and O–H groups in total. The molecule has 0 aliphatic carbocycles. The van der Waals surface area contributed by atoms with Gasteiger partial charge in [0, 0.05) is 10.9 Å². The second-order valence-electron chi connectivity index (χ2n) is 2.79. The van der Waals surface area contributed by atoms with Crippen LogP contribution in [0.15, 0.2) is 34.9 Å². The lowest BCUT2D eigenvalue weighted by atomic mass is 10.3. The summed E-state index contributed by atoms with van der Waals surface area (Å²) in [6.07, 6.45) is 0. The molecule has 0 aliphatic heterocycles. The number of benzene rings is 1. The lowest BCUT2D eigenvalue weighted by molar-refractivity contribution is 0.599. The van der Waals surface area contributed by atoms with Crippen LogP contribution in [0.2, 0.25) is 0 Å². The quantitative estimate of drug-likeness (QED) is 0.676. The van der Waals surface area contributed by atoms with Gasteiger partial charge in [0.2, 0.25) is 0 Å². The van der Waals surface area contributed by atoms with Gasteiger partial charge in [-0.2, -0.15) is 8.42 Å². The van der Waals surface area contributed by atoms with Crippen LogP contribution in [0.25, 0.3) is 10.9 Å². The van der Waals surface area contributed by atoms with E-state index in [1.54, 1.807) is 0 Å². The molecule has 0 saturated heterocycles. The van der Waals surface area contributed by atoms with Gasteiger partial charge in [0.15, 0.2) is 0 Å². The third kappa shape index (κ3) is 4.93. The number of aromatic amines is 1. The molecule has 0 fully saturated rings. The Labute approximate surface area is 95.8 Å². The predicted octanol–water partition coefficient (Wildman–Crippen LogP) is 1.08. The summed E-state index contributed by atoms with van der Waals surface area (Å²) in [4.78, 5) is 3.18. The van der Waals surface area contributed by atoms with Crippen molar-refractivity contribution in [3.63, 3.8) is 0 Å². The van der Waals surface area contributed by atoms with E-state index in [4.69, 9.17) is 0 Å². The molecule has 0 amide bonds. The molecule has 15 heavy (non-hydrogen) atoms. The third-order valence-corrected chi connectivity index (χ3v) is 1.92. The van der Waals surface area contributed by atoms with E-state index in [0.717, 1.165) is 4.60 Å². The second kappa shape index (κ2) is 4.75. The highest BCUT2D eigenvalue weighted by Gasteiger charge is 1.93. The number of halogens is 1. The van der Waals surface area contributed by atoms with Crippen LogP contribution in [0, 0.1) is 0 Å². The maximum absolute atomic E-state index is 9.19. The molecule has 2 rings (SSSR count). The molecular weight excluding hydrogens is 282 g/mol. The van der Waals surface area contributed by atoms with Crippen molar-refractivity contribution >= 4 is 37.0 Å². The molecule has 0 saturated carbocycles. The number of hydrogen-bond donors (Lipinski definition) is 3. The summed E-state index contributed by atoms with van der Waals surface area (Å²) < 4.78 is 19.4. The number of hydrogen-bond acceptors (Lipinski definition) is 2. The van der Waals surface area contributed by atoms with Crippen LogP contribution in [0.1, 0.15) is 0 Å². The zero-order chi connectivity index (χ0) is 11.5. The topological polar surface area (TPSA) is 102 Å². The van der Waals surface area contributed by atoms with Gasteiger partial charge in [-0.15, -0.1) is 0 Å². The first-order valence-electron chi connectivity index (χ1n) is 3.90. The Morgan fingerprint density at radius 1 is 1.20 bits per heavy atom. The van der Waals surface area contributed by atoms with Crippen molar-refractivity contribution < 1.29 is 8.42 Å². The fourth-order valence-corrected chi connectivity index (χ4v) is 1.50. The fraction of sp³-hybridized carbons (Fsp3) is 0. The van der Waals surface area contributed by atoms with E-state index in [1.807, 2.05) is 12.1 Å². The molecule has 0 unspecified atom stereocenters. The Bertz CT molecular complexity index is 509. The Morgan fingerprint density at radius 3 is 2.27 bits per heavy atom. The number of para-hydroxylation sites is 1. The van der Waals surface area contributed by atoms with Gasteiger partial charge in [0.25, 0.3) is 10.2 Å². The van der Waals surface area contributed by atoms with Crippen LogP contribution in [-0.4, -0.2) is 13.4 Å². The molecule has 1 heterocycles. The smallest absolute Gasteiger partial charge is 0.271 e. The van der Waals surface area contributed by atoms with E-state index in [1.165, 1.54) is 10.9 Å². The van der Waals surface area contributed by atoms with Crippen LogP contribution in [0.3, 0.4) is 0 Å². The molecule has 1 aromatic carbocycles. The van der Waals surface area contributed by atoms with Gasteiger partial charge >= 0.3 is 0 Å². The minimum Gasteiger partial charge on any atom is -0.349 e. The first-order chi connectivity index (χ1) is 6.86. The van der Waals surface area contributed by atoms with Gasteiger partial charge in [-0.3, -0.25) is 0 Å². The van der Waals surface area contributed by atoms with Gasteiger partial charge in [-0.1, -0.05) is 18.2 Å². The van der Waals surface area contributed by atoms with Gasteiger partial charge in [-0.05, 0) is 28.1 Å². The van der Waals surface area contributed by atoms with Crippen LogP contribution < -0.4 is 10.3 Å². The summed E-state index contributed by atoms with van der Waals surface area (Å²) in [6, 6.07) is 10.2. The largest absolute Gasteiger partial charge is 0.349 e. The minimum absolute atomic E-state index is 1.04. The highest BCUT2D eigenvalue weighted by molar-refractivity contribution is 9.10. The third-order valence-electron chi connectivity index (χ3n) is 1.50. The molecule has 0 bridgehead atoms. The fourth-order valence-electron chi connectivity index (χ4n) is 1.04. The van der Waals surface area contributed by atoms with Crippen LogP contribution in [-0.2, 0) is 10.2 Å². The predicted molar refractivity (Wildman–Crippen MR) is 63.3 cm³/mol. The van der Waals surface area contributed by atoms with E-state index in [2.05, 4.69) is 49.4 Å². The molecule has 0 atom stereocenters. The monoisotopic (exact) mass is 291 g/mol. The van der Waals surface area contributed by atoms with Crippen molar-refractivity contribution in [2.75, 3.05) is 0 Å². The molecule has 0 radical (unpaired) electrons. The minimum atomic E-state index is -3.67. The summed E-state index contributed by atoms with van der Waals surface area (Å²) in [5, 5.41) is 9.45. The Hall–Kier alpha value is -0.890. The highest BCUT2D eigenvalue weighted by Crippen LogP contribution is 2.17. The van der Waals surface area contributed by atoms with Gasteiger partial charge in [-0.25, -0.2) is 10.3 Å². The maximum Gasteiger partial charge on any atom is 0.271 e. The molecule has 1 aromatic heterocycles. The normalized spacial score (nSPS) is 10.9. The van der Waals surface area contributed by atoms with E-state index in [0.29, 0.717) is 0 Å². The number of nitrogens with one attached hydrogen (secondary N) is 1. The van der Waals surface area contributed by atoms with Crippen molar-refractivity contribution in [3.05, 3.63) is 34.9 Å². The van der Waals surface area contributed by atoms with E-state index in [-0.39, 0.29) is 0 Å². The van der Waals surface area contributed by atoms with Gasteiger partial charge in [0.1, 0.15) is 0 Å². The van der Waals surface area contributed by atoms with E-state index >= 15 is 0 Å². The van der Waals surface area contributed by atoms with Crippen molar-refractivity contribution in [1.82, 2.24) is 4.98 Å². The van der Waals surface area contributed by atoms with E-state index in [9.17, 15) is 8.42 Å². The molecule has 0 aliphatic rings. The summed E-state index contributed by atoms with van der Waals surface area (Å²) in [7, 11) is -3.67. The number of nitrogens with two attached hydrogens (primary N) is 2. The SMILES string of the molecule is Brc1cc2ccccc2[nH]1.NS(N)(=O)=O. The first-order valence-corrected chi connectivity index (χ1v) is 6.30. The average molecular weight is 292 g/mol. The van der Waals surface area contributed by atoms with Crippen LogP contribution in [0.4, 0.5) is 0 Å². The molecule has 5 nitrogen and oxygen atoms in total. The Kier molecular flexibility index (Phi) is 3.86. The Balaban J connectivity index is 0.000000195. The Morgan fingerprint density at radius 2 is 1.73 bits per heavy atom. The summed E-state index contributed by atoms with van der Waals surface area (Å²) >= 11 is 3.37. The molecule has 0 spiro atoms. The number of H-pyrrole nitrogens is 1. The standard InChI is InChI=1S/C8H6BrN.H4N2O2S/c9-8-5-6-3-1-2-4-7(6)10-8;1-5(2,3)4/h1-5,10H;(H4,1,2,3,4). The lowest BCUT2D eigenvalue weighted by Gasteiger charge is -1.83. The van der Waals surface area contributed by atoms with Crippen molar-refractivity contribution in [3.8, 4) is 0 Å². The van der Waals surface area contributed by atoms with Crippen molar-refractivity contribution in [2.24, 2.45) is 10.3 Å². The van der Waals surface area contributed by atoms with Gasteiger partial charge in [0.05, 0.1) is 4.60 Å². The zero-order valence-corrected chi connectivity index (χ0v) is 10.0.